The average Bonchev–Trinajstić information content (AvgIpc) is 3.34. The third kappa shape index (κ3) is 5.06. The molecule has 0 radical (unpaired) electrons. The fraction of sp³-hybridized carbons (Fsp3) is 0.185. The third-order valence-corrected chi connectivity index (χ3v) is 5.35. The molecule has 1 atom stereocenters. The van der Waals surface area contributed by atoms with Gasteiger partial charge in [-0.3, -0.25) is 4.79 Å². The Labute approximate surface area is 188 Å². The molecule has 4 aromatic rings. The lowest BCUT2D eigenvalue weighted by Gasteiger charge is -2.15. The number of rotatable bonds is 8. The van der Waals surface area contributed by atoms with Crippen LogP contribution in [0.4, 0.5) is 0 Å². The Hall–Kier alpha value is -3.86. The quantitative estimate of drug-likeness (QED) is 0.389. The fourth-order valence-corrected chi connectivity index (χ4v) is 3.58. The van der Waals surface area contributed by atoms with Gasteiger partial charge in [-0.15, -0.1) is 0 Å². The molecule has 1 heterocycles. The average molecular weight is 427 g/mol. The minimum Gasteiger partial charge on any atom is -0.497 e. The molecule has 1 amide bonds. The molecule has 1 unspecified atom stereocenters. The largest absolute Gasteiger partial charge is 0.497 e. The number of amides is 1. The van der Waals surface area contributed by atoms with Crippen molar-refractivity contribution in [2.75, 3.05) is 7.11 Å². The predicted molar refractivity (Wildman–Crippen MR) is 126 cm³/mol. The zero-order valence-corrected chi connectivity index (χ0v) is 18.2. The van der Waals surface area contributed by atoms with E-state index in [4.69, 9.17) is 9.15 Å². The summed E-state index contributed by atoms with van der Waals surface area (Å²) in [6, 6.07) is 25.3. The second-order valence-corrected chi connectivity index (χ2v) is 7.71. The van der Waals surface area contributed by atoms with E-state index in [-0.39, 0.29) is 11.9 Å². The molecule has 5 nitrogen and oxygen atoms in total. The van der Waals surface area contributed by atoms with Gasteiger partial charge in [-0.2, -0.15) is 0 Å². The molecule has 4 rings (SSSR count). The molecule has 5 heteroatoms. The Kier molecular flexibility index (Phi) is 6.66. The lowest BCUT2D eigenvalue weighted by molar-refractivity contribution is 0.0939. The second kappa shape index (κ2) is 9.96. The summed E-state index contributed by atoms with van der Waals surface area (Å²) in [6.07, 6.45) is 3.44. The molecule has 0 aliphatic rings. The van der Waals surface area contributed by atoms with Crippen molar-refractivity contribution in [1.82, 2.24) is 10.3 Å². The number of aryl methyl sites for hydroxylation is 1. The van der Waals surface area contributed by atoms with E-state index >= 15 is 0 Å². The molecule has 0 saturated carbocycles. The van der Waals surface area contributed by atoms with Gasteiger partial charge in [0.2, 0.25) is 5.89 Å². The normalized spacial score (nSPS) is 11.7. The van der Waals surface area contributed by atoms with Crippen LogP contribution in [0.1, 0.15) is 29.3 Å². The van der Waals surface area contributed by atoms with Crippen molar-refractivity contribution in [3.05, 3.63) is 96.2 Å². The van der Waals surface area contributed by atoms with Gasteiger partial charge in [0, 0.05) is 17.2 Å². The maximum atomic E-state index is 13.0. The fourth-order valence-electron chi connectivity index (χ4n) is 3.58. The highest BCUT2D eigenvalue weighted by Crippen LogP contribution is 2.30. The molecular formula is C27H26N2O3. The van der Waals surface area contributed by atoms with Gasteiger partial charge in [0.15, 0.2) is 5.76 Å². The third-order valence-electron chi connectivity index (χ3n) is 5.35. The summed E-state index contributed by atoms with van der Waals surface area (Å²) in [6.45, 7) is 2.02. The summed E-state index contributed by atoms with van der Waals surface area (Å²) >= 11 is 0. The van der Waals surface area contributed by atoms with Crippen molar-refractivity contribution in [1.29, 1.82) is 0 Å². The minimum atomic E-state index is -0.137. The maximum absolute atomic E-state index is 13.0. The maximum Gasteiger partial charge on any atom is 0.252 e. The van der Waals surface area contributed by atoms with Crippen LogP contribution >= 0.6 is 0 Å². The SMILES string of the molecule is COc1cccc(-c2cnc(-c3ccccc3C(=O)NC(C)CCc3ccccc3)o2)c1. The summed E-state index contributed by atoms with van der Waals surface area (Å²) < 4.78 is 11.3. The van der Waals surface area contributed by atoms with E-state index in [9.17, 15) is 4.79 Å². The Morgan fingerprint density at radius 2 is 1.81 bits per heavy atom. The topological polar surface area (TPSA) is 64.4 Å². The highest BCUT2D eigenvalue weighted by molar-refractivity contribution is 6.00. The van der Waals surface area contributed by atoms with Gasteiger partial charge in [-0.1, -0.05) is 54.6 Å². The van der Waals surface area contributed by atoms with Gasteiger partial charge in [0.1, 0.15) is 5.75 Å². The van der Waals surface area contributed by atoms with Crippen LogP contribution in [-0.2, 0) is 6.42 Å². The van der Waals surface area contributed by atoms with Crippen molar-refractivity contribution in [3.63, 3.8) is 0 Å². The number of hydrogen-bond donors (Lipinski definition) is 1. The Morgan fingerprint density at radius 3 is 2.62 bits per heavy atom. The first-order chi connectivity index (χ1) is 15.6. The number of methoxy groups -OCH3 is 1. The molecule has 0 bridgehead atoms. The van der Waals surface area contributed by atoms with Crippen molar-refractivity contribution >= 4 is 5.91 Å². The zero-order valence-electron chi connectivity index (χ0n) is 18.2. The van der Waals surface area contributed by atoms with Crippen LogP contribution < -0.4 is 10.1 Å². The van der Waals surface area contributed by atoms with E-state index in [2.05, 4.69) is 22.4 Å². The second-order valence-electron chi connectivity index (χ2n) is 7.71. The molecule has 0 saturated heterocycles. The number of oxazole rings is 1. The van der Waals surface area contributed by atoms with Crippen LogP contribution in [-0.4, -0.2) is 24.0 Å². The van der Waals surface area contributed by atoms with Crippen molar-refractivity contribution in [2.45, 2.75) is 25.8 Å². The predicted octanol–water partition coefficient (Wildman–Crippen LogP) is 5.77. The van der Waals surface area contributed by atoms with Gasteiger partial charge < -0.3 is 14.5 Å². The van der Waals surface area contributed by atoms with E-state index in [0.717, 1.165) is 24.2 Å². The van der Waals surface area contributed by atoms with Gasteiger partial charge in [-0.25, -0.2) is 4.98 Å². The van der Waals surface area contributed by atoms with Crippen LogP contribution in [0, 0.1) is 0 Å². The zero-order chi connectivity index (χ0) is 22.3. The number of benzene rings is 3. The van der Waals surface area contributed by atoms with Crippen LogP contribution in [0.15, 0.2) is 89.5 Å². The first kappa shape index (κ1) is 21.4. The highest BCUT2D eigenvalue weighted by Gasteiger charge is 2.18. The molecule has 3 aromatic carbocycles. The van der Waals surface area contributed by atoms with Gasteiger partial charge in [0.25, 0.3) is 5.91 Å². The van der Waals surface area contributed by atoms with E-state index in [0.29, 0.717) is 22.8 Å². The van der Waals surface area contributed by atoms with Crippen molar-refractivity contribution in [3.8, 4) is 28.5 Å². The summed E-state index contributed by atoms with van der Waals surface area (Å²) in [7, 11) is 1.63. The number of nitrogens with zero attached hydrogens (tertiary/aromatic N) is 1. The number of hydrogen-bond acceptors (Lipinski definition) is 4. The van der Waals surface area contributed by atoms with E-state index < -0.39 is 0 Å². The summed E-state index contributed by atoms with van der Waals surface area (Å²) in [5.74, 6) is 1.63. The standard InChI is InChI=1S/C27H26N2O3/c1-19(15-16-20-9-4-3-5-10-20)29-26(30)23-13-6-7-14-24(23)27-28-18-25(32-27)21-11-8-12-22(17-21)31-2/h3-14,17-19H,15-16H2,1-2H3,(H,29,30). The van der Waals surface area contributed by atoms with Crippen LogP contribution in [0.2, 0.25) is 0 Å². The number of ether oxygens (including phenoxy) is 1. The summed E-state index contributed by atoms with van der Waals surface area (Å²) in [4.78, 5) is 17.5. The molecule has 0 aliphatic heterocycles. The lowest BCUT2D eigenvalue weighted by Crippen LogP contribution is -2.33. The highest BCUT2D eigenvalue weighted by atomic mass is 16.5. The number of carbonyl (C=O) groups excluding carboxylic acids is 1. The molecule has 162 valence electrons. The number of aromatic nitrogens is 1. The first-order valence-corrected chi connectivity index (χ1v) is 10.7. The van der Waals surface area contributed by atoms with E-state index in [1.165, 1.54) is 5.56 Å². The Bertz CT molecular complexity index is 1180. The van der Waals surface area contributed by atoms with E-state index in [1.807, 2.05) is 67.6 Å². The monoisotopic (exact) mass is 426 g/mol. The number of carbonyl (C=O) groups is 1. The smallest absolute Gasteiger partial charge is 0.252 e. The van der Waals surface area contributed by atoms with Crippen LogP contribution in [0.5, 0.6) is 5.75 Å². The van der Waals surface area contributed by atoms with Gasteiger partial charge in [0.05, 0.1) is 18.9 Å². The van der Waals surface area contributed by atoms with Crippen molar-refractivity contribution < 1.29 is 13.9 Å². The summed E-state index contributed by atoms with van der Waals surface area (Å²) in [5, 5.41) is 3.11. The molecule has 0 spiro atoms. The lowest BCUT2D eigenvalue weighted by atomic mass is 10.0. The molecule has 1 N–H and O–H groups in total. The van der Waals surface area contributed by atoms with Crippen LogP contribution in [0.25, 0.3) is 22.8 Å². The Balaban J connectivity index is 1.49. The minimum absolute atomic E-state index is 0.0349. The van der Waals surface area contributed by atoms with Crippen LogP contribution in [0.3, 0.4) is 0 Å². The molecule has 1 aromatic heterocycles. The van der Waals surface area contributed by atoms with Crippen molar-refractivity contribution in [2.24, 2.45) is 0 Å². The Morgan fingerprint density at radius 1 is 1.03 bits per heavy atom. The molecular weight excluding hydrogens is 400 g/mol. The number of nitrogens with one attached hydrogen (secondary N) is 1. The summed E-state index contributed by atoms with van der Waals surface area (Å²) in [5.41, 5.74) is 3.32. The first-order valence-electron chi connectivity index (χ1n) is 10.7. The molecule has 32 heavy (non-hydrogen) atoms. The molecule has 0 fully saturated rings. The molecule has 0 aliphatic carbocycles. The van der Waals surface area contributed by atoms with Gasteiger partial charge in [-0.05, 0) is 49.6 Å². The van der Waals surface area contributed by atoms with Gasteiger partial charge >= 0.3 is 0 Å². The van der Waals surface area contributed by atoms with E-state index in [1.54, 1.807) is 19.4 Å².